The summed E-state index contributed by atoms with van der Waals surface area (Å²) in [5, 5.41) is 19.6. The number of hydrogen-bond acceptors (Lipinski definition) is 13. The van der Waals surface area contributed by atoms with Gasteiger partial charge in [-0.2, -0.15) is 4.98 Å². The standard InChI is InChI=1S/C46H61N7O10/c1-8-29-22-46(29,42(56)57)51-40(54)35-20-31(23-53(35)41(55)39(45(5,6)7)50-44(58)63-30-18-27-17-28(27)19-30)62-37-21-33(34-24-61-43(49-34)47-25(2)3)48-38-26(4)36(10-9-32(37)38)60-16-13-52-11-14-59-15-12-52/h8-10,21,24-25,27-31,35,39H,1,11-20,22-23H2,2-7H3,(H,47,49)(H,50,58)(H,51,54)(H,56,57)/t27-,28+,29-,30?,31?,35+,39-,46-/m1/s1. The molecule has 17 heteroatoms. The number of aryl methyl sites for hydroxylation is 1. The predicted octanol–water partition coefficient (Wildman–Crippen LogP) is 5.16. The number of benzene rings is 1. The third-order valence-corrected chi connectivity index (χ3v) is 13.1. The van der Waals surface area contributed by atoms with Crippen molar-refractivity contribution in [1.82, 2.24) is 30.4 Å². The van der Waals surface area contributed by atoms with Crippen molar-refractivity contribution >= 4 is 40.8 Å². The van der Waals surface area contributed by atoms with Gasteiger partial charge in [0.2, 0.25) is 11.8 Å². The molecule has 17 nitrogen and oxygen atoms in total. The number of fused-ring (bicyclic) bond motifs is 2. The first kappa shape index (κ1) is 44.2. The predicted molar refractivity (Wildman–Crippen MR) is 232 cm³/mol. The van der Waals surface area contributed by atoms with Gasteiger partial charge >= 0.3 is 12.1 Å². The van der Waals surface area contributed by atoms with Crippen LogP contribution in [0.3, 0.4) is 0 Å². The van der Waals surface area contributed by atoms with Crippen LogP contribution in [0.2, 0.25) is 0 Å². The molecule has 2 aliphatic heterocycles. The normalized spacial score (nSPS) is 27.1. The van der Waals surface area contributed by atoms with Gasteiger partial charge in [-0.25, -0.2) is 14.6 Å². The summed E-state index contributed by atoms with van der Waals surface area (Å²) in [6, 6.07) is 3.72. The molecule has 8 rings (SSSR count). The van der Waals surface area contributed by atoms with Gasteiger partial charge in [-0.3, -0.25) is 14.5 Å². The minimum Gasteiger partial charge on any atom is -0.492 e. The Morgan fingerprint density at radius 1 is 1.03 bits per heavy atom. The smallest absolute Gasteiger partial charge is 0.408 e. The molecule has 3 saturated carbocycles. The number of anilines is 1. The molecule has 3 amide bonds. The molecule has 2 saturated heterocycles. The highest BCUT2D eigenvalue weighted by molar-refractivity contribution is 5.96. The summed E-state index contributed by atoms with van der Waals surface area (Å²) in [5.74, 6) is -0.511. The summed E-state index contributed by atoms with van der Waals surface area (Å²) in [6.07, 6.45) is 4.42. The van der Waals surface area contributed by atoms with Gasteiger partial charge in [-0.05, 0) is 75.8 Å². The van der Waals surface area contributed by atoms with Gasteiger partial charge in [0.15, 0.2) is 0 Å². The number of nitrogens with one attached hydrogen (secondary N) is 3. The van der Waals surface area contributed by atoms with Gasteiger partial charge < -0.3 is 49.3 Å². The number of carbonyl (C=O) groups excluding carboxylic acids is 3. The number of aromatic nitrogens is 2. The number of alkyl carbamates (subject to hydrolysis) is 1. The van der Waals surface area contributed by atoms with Crippen molar-refractivity contribution in [1.29, 1.82) is 0 Å². The zero-order valence-electron chi connectivity index (χ0n) is 37.1. The van der Waals surface area contributed by atoms with E-state index in [1.54, 1.807) is 6.07 Å². The van der Waals surface area contributed by atoms with Crippen LogP contribution in [0.5, 0.6) is 11.5 Å². The number of oxazole rings is 1. The number of pyridine rings is 1. The zero-order chi connectivity index (χ0) is 44.8. The average Bonchev–Trinajstić information content (AvgIpc) is 3.91. The number of amides is 3. The Labute approximate surface area is 367 Å². The highest BCUT2D eigenvalue weighted by atomic mass is 16.6. The first-order valence-electron chi connectivity index (χ1n) is 22.2. The maximum Gasteiger partial charge on any atom is 0.408 e. The molecule has 2 aromatic heterocycles. The molecule has 4 heterocycles. The molecule has 2 unspecified atom stereocenters. The number of nitrogens with zero attached hydrogens (tertiary/aromatic N) is 4. The third-order valence-electron chi connectivity index (χ3n) is 13.1. The van der Waals surface area contributed by atoms with Gasteiger partial charge in [0.05, 0.1) is 31.0 Å². The second kappa shape index (κ2) is 17.6. The summed E-state index contributed by atoms with van der Waals surface area (Å²) < 4.78 is 30.2. The second-order valence-electron chi connectivity index (χ2n) is 19.2. The summed E-state index contributed by atoms with van der Waals surface area (Å²) in [6.45, 7) is 19.4. The van der Waals surface area contributed by atoms with Crippen molar-refractivity contribution in [3.63, 3.8) is 0 Å². The van der Waals surface area contributed by atoms with Crippen LogP contribution in [0.25, 0.3) is 22.3 Å². The molecule has 4 N–H and O–H groups in total. The number of carbonyl (C=O) groups is 4. The average molecular weight is 872 g/mol. The fraction of sp³-hybridized carbons (Fsp3) is 0.609. The molecule has 3 aliphatic carbocycles. The van der Waals surface area contributed by atoms with Crippen LogP contribution >= 0.6 is 0 Å². The van der Waals surface area contributed by atoms with Crippen LogP contribution in [0.4, 0.5) is 10.8 Å². The second-order valence-corrected chi connectivity index (χ2v) is 19.2. The van der Waals surface area contributed by atoms with E-state index in [2.05, 4.69) is 32.4 Å². The number of aliphatic carboxylic acids is 1. The lowest BCUT2D eigenvalue weighted by molar-refractivity contribution is -0.146. The Morgan fingerprint density at radius 2 is 1.78 bits per heavy atom. The molecule has 0 spiro atoms. The van der Waals surface area contributed by atoms with E-state index in [-0.39, 0.29) is 31.5 Å². The van der Waals surface area contributed by atoms with E-state index in [0.717, 1.165) is 38.0 Å². The van der Waals surface area contributed by atoms with Crippen molar-refractivity contribution in [2.45, 2.75) is 110 Å². The van der Waals surface area contributed by atoms with Gasteiger partial charge in [-0.15, -0.1) is 6.58 Å². The van der Waals surface area contributed by atoms with Crippen molar-refractivity contribution < 1.29 is 47.6 Å². The minimum atomic E-state index is -1.53. The molecule has 5 fully saturated rings. The molecule has 340 valence electrons. The van der Waals surface area contributed by atoms with E-state index in [0.29, 0.717) is 71.5 Å². The Balaban J connectivity index is 1.09. The van der Waals surface area contributed by atoms with Crippen LogP contribution in [-0.2, 0) is 23.9 Å². The van der Waals surface area contributed by atoms with E-state index in [9.17, 15) is 24.3 Å². The highest BCUT2D eigenvalue weighted by Crippen LogP contribution is 2.52. The lowest BCUT2D eigenvalue weighted by Crippen LogP contribution is -2.59. The summed E-state index contributed by atoms with van der Waals surface area (Å²) >= 11 is 0. The summed E-state index contributed by atoms with van der Waals surface area (Å²) in [4.78, 5) is 68.3. The fourth-order valence-electron chi connectivity index (χ4n) is 9.32. The largest absolute Gasteiger partial charge is 0.492 e. The fourth-order valence-corrected chi connectivity index (χ4v) is 9.32. The Morgan fingerprint density at radius 3 is 2.44 bits per heavy atom. The van der Waals surface area contributed by atoms with Crippen LogP contribution in [0, 0.1) is 30.1 Å². The molecular formula is C46H61N7O10. The third kappa shape index (κ3) is 9.59. The van der Waals surface area contributed by atoms with Gasteiger partial charge in [0.1, 0.15) is 59.9 Å². The number of carboxylic acids is 1. The van der Waals surface area contributed by atoms with Crippen LogP contribution in [0.15, 0.2) is 41.5 Å². The Kier molecular flexibility index (Phi) is 12.4. The van der Waals surface area contributed by atoms with E-state index >= 15 is 0 Å². The Bertz CT molecular complexity index is 2220. The van der Waals surface area contributed by atoms with E-state index in [1.165, 1.54) is 23.7 Å². The molecule has 8 atom stereocenters. The number of morpholine rings is 1. The summed E-state index contributed by atoms with van der Waals surface area (Å²) in [7, 11) is 0. The first-order valence-corrected chi connectivity index (χ1v) is 22.2. The first-order chi connectivity index (χ1) is 30.0. The maximum absolute atomic E-state index is 14.8. The van der Waals surface area contributed by atoms with Crippen LogP contribution in [0.1, 0.15) is 72.3 Å². The van der Waals surface area contributed by atoms with Gasteiger partial charge in [-0.1, -0.05) is 26.8 Å². The number of likely N-dealkylation sites (tertiary alicyclic amines) is 1. The van der Waals surface area contributed by atoms with Crippen molar-refractivity contribution in [3.05, 3.63) is 42.7 Å². The van der Waals surface area contributed by atoms with E-state index < -0.39 is 58.9 Å². The van der Waals surface area contributed by atoms with E-state index in [4.69, 9.17) is 28.3 Å². The maximum atomic E-state index is 14.8. The molecule has 0 radical (unpaired) electrons. The quantitative estimate of drug-likeness (QED) is 0.137. The molecule has 1 aromatic carbocycles. The van der Waals surface area contributed by atoms with Crippen LogP contribution < -0.4 is 25.4 Å². The number of rotatable bonds is 16. The number of ether oxygens (including phenoxy) is 4. The lowest BCUT2D eigenvalue weighted by atomic mass is 9.85. The van der Waals surface area contributed by atoms with Gasteiger partial charge in [0.25, 0.3) is 6.01 Å². The Hall–Kier alpha value is -5.42. The lowest BCUT2D eigenvalue weighted by Gasteiger charge is -2.35. The SMILES string of the molecule is C=C[C@@H]1C[C@]1(NC(=O)[C@@H]1CC(Oc2cc(-c3coc(NC(C)C)n3)nc3c(C)c(OCCN4CCOCC4)ccc23)CN1C(=O)[C@@H](NC(=O)OC1C[C@@H]2C[C@@H]2C1)C(C)(C)C)C(=O)O. The van der Waals surface area contributed by atoms with Gasteiger partial charge in [0, 0.05) is 55.0 Å². The van der Waals surface area contributed by atoms with E-state index in [1.807, 2.05) is 53.7 Å². The molecule has 0 bridgehead atoms. The molecule has 5 aliphatic rings. The molecule has 3 aromatic rings. The molecular weight excluding hydrogens is 811 g/mol. The van der Waals surface area contributed by atoms with Crippen molar-refractivity contribution in [2.75, 3.05) is 51.3 Å². The summed E-state index contributed by atoms with van der Waals surface area (Å²) in [5.41, 5.74) is -0.00546. The van der Waals surface area contributed by atoms with Crippen molar-refractivity contribution in [2.24, 2.45) is 23.2 Å². The topological polar surface area (TPSA) is 207 Å². The highest BCUT2D eigenvalue weighted by Gasteiger charge is 2.61. The minimum absolute atomic E-state index is 0.0332. The monoisotopic (exact) mass is 871 g/mol. The number of hydrogen-bond donors (Lipinski definition) is 4. The number of carboxylic acid groups (broad SMARTS) is 1. The molecule has 63 heavy (non-hydrogen) atoms. The zero-order valence-corrected chi connectivity index (χ0v) is 37.1. The van der Waals surface area contributed by atoms with Crippen LogP contribution in [-0.4, -0.2) is 131 Å². The van der Waals surface area contributed by atoms with Crippen molar-refractivity contribution in [3.8, 4) is 22.9 Å².